The van der Waals surface area contributed by atoms with Gasteiger partial charge in [-0.05, 0) is 12.5 Å². The van der Waals surface area contributed by atoms with Crippen molar-refractivity contribution in [3.8, 4) is 11.4 Å². The van der Waals surface area contributed by atoms with Crippen LogP contribution in [0.1, 0.15) is 19.8 Å². The Balaban J connectivity index is 1.92. The summed E-state index contributed by atoms with van der Waals surface area (Å²) in [6.07, 6.45) is 4.79. The molecule has 8 nitrogen and oxygen atoms in total. The van der Waals surface area contributed by atoms with Gasteiger partial charge in [0.15, 0.2) is 5.83 Å². The minimum absolute atomic E-state index is 0.0159. The number of carbonyl (C=O) groups excluding carboxylic acids is 3. The molecular formula is C23H23FN4O4. The average molecular weight is 438 g/mol. The van der Waals surface area contributed by atoms with Gasteiger partial charge in [-0.1, -0.05) is 49.8 Å². The standard InChI is InChI=1S/C23H23FN4O4/c1-2-3-11-27(13-16-9-10-17(24)21(31)20(16)30)19(29)14-28-22(15-7-5-4-6-8-15)26-12-18(25)23(28)32/h4-10,12H,2-3,11,13-14,25H2,1H3. The van der Waals surface area contributed by atoms with Crippen molar-refractivity contribution in [3.63, 3.8) is 0 Å². The smallest absolute Gasteiger partial charge is 0.277 e. The number of hydrogen-bond donors (Lipinski definition) is 1. The lowest BCUT2D eigenvalue weighted by molar-refractivity contribution is -0.134. The maximum absolute atomic E-state index is 13.4. The molecule has 2 N–H and O–H groups in total. The zero-order chi connectivity index (χ0) is 23.3. The largest absolute Gasteiger partial charge is 0.393 e. The number of benzene rings is 1. The maximum atomic E-state index is 13.4. The SMILES string of the molecule is CCCCN(CC1=CC=C(F)C(=O)C1=O)C(=O)Cn1c(-c2ccccc2)ncc(N)c1=O. The minimum Gasteiger partial charge on any atom is -0.393 e. The normalized spacial score (nSPS) is 13.6. The Morgan fingerprint density at radius 1 is 1.12 bits per heavy atom. The van der Waals surface area contributed by atoms with E-state index in [-0.39, 0.29) is 30.2 Å². The van der Waals surface area contributed by atoms with Crippen LogP contribution in [-0.2, 0) is 20.9 Å². The number of ketones is 2. The molecule has 1 heterocycles. The molecule has 1 aromatic carbocycles. The Morgan fingerprint density at radius 2 is 1.84 bits per heavy atom. The van der Waals surface area contributed by atoms with E-state index in [0.717, 1.165) is 12.5 Å². The van der Waals surface area contributed by atoms with Crippen molar-refractivity contribution in [1.29, 1.82) is 0 Å². The van der Waals surface area contributed by atoms with E-state index < -0.39 is 28.9 Å². The van der Waals surface area contributed by atoms with Crippen molar-refractivity contribution < 1.29 is 18.8 Å². The van der Waals surface area contributed by atoms with Gasteiger partial charge in [-0.3, -0.25) is 23.7 Å². The van der Waals surface area contributed by atoms with Crippen LogP contribution in [-0.4, -0.2) is 45.0 Å². The van der Waals surface area contributed by atoms with Gasteiger partial charge >= 0.3 is 0 Å². The zero-order valence-electron chi connectivity index (χ0n) is 17.6. The molecule has 32 heavy (non-hydrogen) atoms. The summed E-state index contributed by atoms with van der Waals surface area (Å²) in [6.45, 7) is 1.71. The highest BCUT2D eigenvalue weighted by Gasteiger charge is 2.28. The van der Waals surface area contributed by atoms with Crippen LogP contribution in [0, 0.1) is 0 Å². The molecule has 0 unspecified atom stereocenters. The highest BCUT2D eigenvalue weighted by atomic mass is 19.1. The molecular weight excluding hydrogens is 415 g/mol. The molecule has 0 bridgehead atoms. The topological polar surface area (TPSA) is 115 Å². The number of Topliss-reactive ketones (excluding diaryl/α,β-unsaturated/α-hetero) is 2. The Bertz CT molecular complexity index is 1170. The van der Waals surface area contributed by atoms with Crippen molar-refractivity contribution in [3.05, 3.63) is 70.4 Å². The summed E-state index contributed by atoms with van der Waals surface area (Å²) in [5, 5.41) is 0. The molecule has 0 fully saturated rings. The number of allylic oxidation sites excluding steroid dienone is 3. The summed E-state index contributed by atoms with van der Waals surface area (Å²) in [5.74, 6) is -3.52. The molecule has 0 aliphatic heterocycles. The lowest BCUT2D eigenvalue weighted by atomic mass is 10.0. The Labute approximate surface area is 183 Å². The summed E-state index contributed by atoms with van der Waals surface area (Å²) in [5.41, 5.74) is 5.73. The van der Waals surface area contributed by atoms with E-state index >= 15 is 0 Å². The molecule has 0 atom stereocenters. The number of nitrogen functional groups attached to an aromatic ring is 1. The zero-order valence-corrected chi connectivity index (χ0v) is 17.6. The molecule has 1 amide bonds. The van der Waals surface area contributed by atoms with Crippen LogP contribution >= 0.6 is 0 Å². The predicted molar refractivity (Wildman–Crippen MR) is 117 cm³/mol. The number of unbranched alkanes of at least 4 members (excludes halogenated alkanes) is 1. The molecule has 0 spiro atoms. The van der Waals surface area contributed by atoms with Crippen LogP contribution < -0.4 is 11.3 Å². The molecule has 1 aliphatic rings. The van der Waals surface area contributed by atoms with E-state index in [1.807, 2.05) is 13.0 Å². The second kappa shape index (κ2) is 9.95. The van der Waals surface area contributed by atoms with Crippen LogP contribution in [0.2, 0.25) is 0 Å². The van der Waals surface area contributed by atoms with Gasteiger partial charge in [-0.25, -0.2) is 9.37 Å². The highest BCUT2D eigenvalue weighted by molar-refractivity contribution is 6.49. The number of rotatable bonds is 8. The van der Waals surface area contributed by atoms with Crippen molar-refractivity contribution in [1.82, 2.24) is 14.5 Å². The van der Waals surface area contributed by atoms with Gasteiger partial charge in [0.25, 0.3) is 11.3 Å². The van der Waals surface area contributed by atoms with Crippen molar-refractivity contribution >= 4 is 23.2 Å². The number of anilines is 1. The maximum Gasteiger partial charge on any atom is 0.277 e. The van der Waals surface area contributed by atoms with Gasteiger partial charge in [0.05, 0.1) is 6.20 Å². The van der Waals surface area contributed by atoms with Gasteiger partial charge in [-0.2, -0.15) is 0 Å². The second-order valence-electron chi connectivity index (χ2n) is 7.33. The third kappa shape index (κ3) is 4.88. The summed E-state index contributed by atoms with van der Waals surface area (Å²) < 4.78 is 14.6. The van der Waals surface area contributed by atoms with Crippen LogP contribution in [0.25, 0.3) is 11.4 Å². The van der Waals surface area contributed by atoms with E-state index in [9.17, 15) is 23.6 Å². The average Bonchev–Trinajstić information content (AvgIpc) is 2.80. The van der Waals surface area contributed by atoms with Crippen LogP contribution in [0.15, 0.2) is 64.9 Å². The van der Waals surface area contributed by atoms with Crippen LogP contribution in [0.4, 0.5) is 10.1 Å². The third-order valence-electron chi connectivity index (χ3n) is 5.04. The predicted octanol–water partition coefficient (Wildman–Crippen LogP) is 2.05. The lowest BCUT2D eigenvalue weighted by Gasteiger charge is -2.25. The monoisotopic (exact) mass is 438 g/mol. The number of amides is 1. The lowest BCUT2D eigenvalue weighted by Crippen LogP contribution is -2.41. The molecule has 166 valence electrons. The summed E-state index contributed by atoms with van der Waals surface area (Å²) in [6, 6.07) is 8.89. The fourth-order valence-electron chi connectivity index (χ4n) is 3.26. The number of nitrogens with two attached hydrogens (primary N) is 1. The quantitative estimate of drug-likeness (QED) is 0.498. The first-order valence-electron chi connectivity index (χ1n) is 10.2. The Hall–Kier alpha value is -3.88. The number of halogens is 1. The third-order valence-corrected chi connectivity index (χ3v) is 5.04. The first kappa shape index (κ1) is 22.8. The molecule has 1 aromatic heterocycles. The van der Waals surface area contributed by atoms with Gasteiger partial charge in [0.1, 0.15) is 18.1 Å². The second-order valence-corrected chi connectivity index (χ2v) is 7.33. The van der Waals surface area contributed by atoms with Crippen LogP contribution in [0.5, 0.6) is 0 Å². The number of nitrogens with zero attached hydrogens (tertiary/aromatic N) is 3. The van der Waals surface area contributed by atoms with E-state index in [0.29, 0.717) is 18.5 Å². The molecule has 1 aliphatic carbocycles. The molecule has 0 radical (unpaired) electrons. The first-order chi connectivity index (χ1) is 15.3. The molecule has 3 rings (SSSR count). The number of aromatic nitrogens is 2. The van der Waals surface area contributed by atoms with Gasteiger partial charge in [0, 0.05) is 24.2 Å². The van der Waals surface area contributed by atoms with Gasteiger partial charge < -0.3 is 10.6 Å². The van der Waals surface area contributed by atoms with Crippen molar-refractivity contribution in [2.24, 2.45) is 0 Å². The highest BCUT2D eigenvalue weighted by Crippen LogP contribution is 2.18. The van der Waals surface area contributed by atoms with Gasteiger partial charge in [0.2, 0.25) is 11.7 Å². The summed E-state index contributed by atoms with van der Waals surface area (Å²) >= 11 is 0. The minimum atomic E-state index is -1.23. The van der Waals surface area contributed by atoms with E-state index in [1.54, 1.807) is 24.3 Å². The van der Waals surface area contributed by atoms with Crippen molar-refractivity contribution in [2.75, 3.05) is 18.8 Å². The molecule has 0 saturated heterocycles. The fourth-order valence-corrected chi connectivity index (χ4v) is 3.26. The van der Waals surface area contributed by atoms with E-state index in [1.165, 1.54) is 21.7 Å². The summed E-state index contributed by atoms with van der Waals surface area (Å²) in [7, 11) is 0. The van der Waals surface area contributed by atoms with Gasteiger partial charge in [-0.15, -0.1) is 0 Å². The first-order valence-corrected chi connectivity index (χ1v) is 10.2. The molecule has 0 saturated carbocycles. The number of hydrogen-bond acceptors (Lipinski definition) is 6. The summed E-state index contributed by atoms with van der Waals surface area (Å²) in [4.78, 5) is 55.3. The molecule has 9 heteroatoms. The van der Waals surface area contributed by atoms with E-state index in [4.69, 9.17) is 5.73 Å². The van der Waals surface area contributed by atoms with E-state index in [2.05, 4.69) is 4.98 Å². The van der Waals surface area contributed by atoms with Crippen LogP contribution in [0.3, 0.4) is 0 Å². The fraction of sp³-hybridized carbons (Fsp3) is 0.261. The Morgan fingerprint density at radius 3 is 2.53 bits per heavy atom. The van der Waals surface area contributed by atoms with Crippen molar-refractivity contribution in [2.45, 2.75) is 26.3 Å². The Kier molecular flexibility index (Phi) is 7.09. The number of carbonyl (C=O) groups is 3. The molecule has 2 aromatic rings.